The van der Waals surface area contributed by atoms with E-state index in [-0.39, 0.29) is 12.4 Å². The van der Waals surface area contributed by atoms with Gasteiger partial charge in [0.1, 0.15) is 6.61 Å². The molecule has 0 heterocycles. The number of benzene rings is 1. The van der Waals surface area contributed by atoms with Gasteiger partial charge in [-0.25, -0.2) is 0 Å². The minimum atomic E-state index is 0.00348. The number of thioether (sulfide) groups is 1. The fourth-order valence-electron chi connectivity index (χ4n) is 1.17. The highest BCUT2D eigenvalue weighted by Gasteiger charge is 2.05. The van der Waals surface area contributed by atoms with Gasteiger partial charge in [0.25, 0.3) is 0 Å². The molecule has 0 N–H and O–H groups in total. The summed E-state index contributed by atoms with van der Waals surface area (Å²) < 4.78 is 9.99. The lowest BCUT2D eigenvalue weighted by Crippen LogP contribution is -2.11. The molecule has 3 nitrogen and oxygen atoms in total. The molecular formula is C12H16O3S. The smallest absolute Gasteiger partial charge is 0.188 e. The number of hydrogen-bond donors (Lipinski definition) is 0. The zero-order valence-corrected chi connectivity index (χ0v) is 10.4. The standard InChI is InChI=1S/C12H16O3S/c1-14-7-8-15-9-12(13)10-3-5-11(16-2)6-4-10/h3-6H,7-9H2,1-2H3. The van der Waals surface area contributed by atoms with E-state index in [1.807, 2.05) is 30.5 Å². The first-order chi connectivity index (χ1) is 7.77. The molecule has 0 aliphatic carbocycles. The summed E-state index contributed by atoms with van der Waals surface area (Å²) in [5.74, 6) is 0.00348. The van der Waals surface area contributed by atoms with Crippen LogP contribution in [0.25, 0.3) is 0 Å². The monoisotopic (exact) mass is 240 g/mol. The van der Waals surface area contributed by atoms with Crippen molar-refractivity contribution in [1.82, 2.24) is 0 Å². The lowest BCUT2D eigenvalue weighted by Gasteiger charge is -2.03. The number of Topliss-reactive ketones (excluding diaryl/α,β-unsaturated/α-hetero) is 1. The van der Waals surface area contributed by atoms with Gasteiger partial charge in [-0.1, -0.05) is 12.1 Å². The summed E-state index contributed by atoms with van der Waals surface area (Å²) in [5.41, 5.74) is 0.690. The van der Waals surface area contributed by atoms with Crippen molar-refractivity contribution in [1.29, 1.82) is 0 Å². The summed E-state index contributed by atoms with van der Waals surface area (Å²) in [5, 5.41) is 0. The van der Waals surface area contributed by atoms with Gasteiger partial charge in [0.05, 0.1) is 13.2 Å². The predicted octanol–water partition coefficient (Wildman–Crippen LogP) is 2.25. The first-order valence-electron chi connectivity index (χ1n) is 5.02. The van der Waals surface area contributed by atoms with E-state index in [1.54, 1.807) is 18.9 Å². The molecular weight excluding hydrogens is 224 g/mol. The Hall–Kier alpha value is -0.840. The molecule has 0 aliphatic rings. The first-order valence-corrected chi connectivity index (χ1v) is 6.24. The lowest BCUT2D eigenvalue weighted by atomic mass is 10.1. The van der Waals surface area contributed by atoms with E-state index in [2.05, 4.69) is 0 Å². The molecule has 0 spiro atoms. The molecule has 1 rings (SSSR count). The highest BCUT2D eigenvalue weighted by Crippen LogP contribution is 2.15. The maximum absolute atomic E-state index is 11.6. The van der Waals surface area contributed by atoms with E-state index in [9.17, 15) is 4.79 Å². The van der Waals surface area contributed by atoms with Gasteiger partial charge in [0, 0.05) is 17.6 Å². The number of ketones is 1. The molecule has 1 aromatic carbocycles. The van der Waals surface area contributed by atoms with Crippen molar-refractivity contribution < 1.29 is 14.3 Å². The molecule has 4 heteroatoms. The van der Waals surface area contributed by atoms with E-state index in [4.69, 9.17) is 9.47 Å². The normalized spacial score (nSPS) is 10.4. The van der Waals surface area contributed by atoms with E-state index in [0.29, 0.717) is 18.8 Å². The Labute approximate surface area is 100 Å². The highest BCUT2D eigenvalue weighted by molar-refractivity contribution is 7.98. The van der Waals surface area contributed by atoms with Gasteiger partial charge in [-0.3, -0.25) is 4.79 Å². The van der Waals surface area contributed by atoms with Crippen LogP contribution in [0, 0.1) is 0 Å². The van der Waals surface area contributed by atoms with Crippen molar-refractivity contribution in [3.05, 3.63) is 29.8 Å². The van der Waals surface area contributed by atoms with Crippen molar-refractivity contribution in [3.8, 4) is 0 Å². The third kappa shape index (κ3) is 4.35. The molecule has 1 aromatic rings. The van der Waals surface area contributed by atoms with Crippen LogP contribution in [0.5, 0.6) is 0 Å². The number of carbonyl (C=O) groups is 1. The van der Waals surface area contributed by atoms with Gasteiger partial charge >= 0.3 is 0 Å². The van der Waals surface area contributed by atoms with E-state index >= 15 is 0 Å². The van der Waals surface area contributed by atoms with Crippen LogP contribution in [-0.4, -0.2) is 39.0 Å². The summed E-state index contributed by atoms with van der Waals surface area (Å²) in [6, 6.07) is 7.53. The van der Waals surface area contributed by atoms with Crippen LogP contribution in [0.15, 0.2) is 29.2 Å². The number of methoxy groups -OCH3 is 1. The van der Waals surface area contributed by atoms with Gasteiger partial charge in [0.15, 0.2) is 5.78 Å². The molecule has 16 heavy (non-hydrogen) atoms. The molecule has 0 bridgehead atoms. The molecule has 0 saturated carbocycles. The zero-order chi connectivity index (χ0) is 11.8. The Bertz CT molecular complexity index is 322. The van der Waals surface area contributed by atoms with Crippen LogP contribution in [0.1, 0.15) is 10.4 Å². The Morgan fingerprint density at radius 1 is 1.25 bits per heavy atom. The Morgan fingerprint density at radius 2 is 1.94 bits per heavy atom. The lowest BCUT2D eigenvalue weighted by molar-refractivity contribution is 0.0577. The number of rotatable bonds is 7. The number of carbonyl (C=O) groups excluding carboxylic acids is 1. The van der Waals surface area contributed by atoms with Crippen LogP contribution in [0.2, 0.25) is 0 Å². The topological polar surface area (TPSA) is 35.5 Å². The molecule has 0 radical (unpaired) electrons. The van der Waals surface area contributed by atoms with E-state index in [1.165, 1.54) is 0 Å². The Kier molecular flexibility index (Phi) is 6.15. The fraction of sp³-hybridized carbons (Fsp3) is 0.417. The third-order valence-corrected chi connectivity index (χ3v) is 2.82. The fourth-order valence-corrected chi connectivity index (χ4v) is 1.58. The highest BCUT2D eigenvalue weighted by atomic mass is 32.2. The van der Waals surface area contributed by atoms with Crippen molar-refractivity contribution in [2.75, 3.05) is 33.2 Å². The second kappa shape index (κ2) is 7.44. The quantitative estimate of drug-likeness (QED) is 0.416. The van der Waals surface area contributed by atoms with Crippen LogP contribution in [-0.2, 0) is 9.47 Å². The van der Waals surface area contributed by atoms with Crippen LogP contribution >= 0.6 is 11.8 Å². The largest absolute Gasteiger partial charge is 0.382 e. The summed E-state index contributed by atoms with van der Waals surface area (Å²) in [6.07, 6.45) is 2.00. The average Bonchev–Trinajstić information content (AvgIpc) is 2.34. The molecule has 0 aliphatic heterocycles. The molecule has 0 unspecified atom stereocenters. The van der Waals surface area contributed by atoms with Crippen LogP contribution < -0.4 is 0 Å². The first kappa shape index (κ1) is 13.2. The van der Waals surface area contributed by atoms with Crippen molar-refractivity contribution in [2.45, 2.75) is 4.90 Å². The number of hydrogen-bond acceptors (Lipinski definition) is 4. The van der Waals surface area contributed by atoms with Crippen LogP contribution in [0.3, 0.4) is 0 Å². The second-order valence-electron chi connectivity index (χ2n) is 3.20. The Morgan fingerprint density at radius 3 is 2.50 bits per heavy atom. The maximum atomic E-state index is 11.6. The van der Waals surface area contributed by atoms with Gasteiger partial charge in [0.2, 0.25) is 0 Å². The van der Waals surface area contributed by atoms with E-state index < -0.39 is 0 Å². The van der Waals surface area contributed by atoms with Crippen molar-refractivity contribution in [3.63, 3.8) is 0 Å². The Balaban J connectivity index is 2.40. The van der Waals surface area contributed by atoms with Gasteiger partial charge < -0.3 is 9.47 Å². The minimum absolute atomic E-state index is 0.00348. The summed E-state index contributed by atoms with van der Waals surface area (Å²) in [7, 11) is 1.60. The van der Waals surface area contributed by atoms with Gasteiger partial charge in [-0.15, -0.1) is 11.8 Å². The minimum Gasteiger partial charge on any atom is -0.382 e. The third-order valence-electron chi connectivity index (χ3n) is 2.08. The summed E-state index contributed by atoms with van der Waals surface area (Å²) >= 11 is 1.65. The molecule has 0 saturated heterocycles. The molecule has 88 valence electrons. The zero-order valence-electron chi connectivity index (χ0n) is 9.56. The maximum Gasteiger partial charge on any atom is 0.188 e. The van der Waals surface area contributed by atoms with Crippen molar-refractivity contribution in [2.24, 2.45) is 0 Å². The van der Waals surface area contributed by atoms with Gasteiger partial charge in [-0.2, -0.15) is 0 Å². The molecule has 0 aromatic heterocycles. The molecule has 0 fully saturated rings. The number of ether oxygens (including phenoxy) is 2. The van der Waals surface area contributed by atoms with E-state index in [0.717, 1.165) is 4.90 Å². The summed E-state index contributed by atoms with van der Waals surface area (Å²) in [4.78, 5) is 12.8. The van der Waals surface area contributed by atoms with Gasteiger partial charge in [-0.05, 0) is 18.4 Å². The second-order valence-corrected chi connectivity index (χ2v) is 4.08. The molecule has 0 amide bonds. The average molecular weight is 240 g/mol. The summed E-state index contributed by atoms with van der Waals surface area (Å²) in [6.45, 7) is 1.08. The van der Waals surface area contributed by atoms with Crippen LogP contribution in [0.4, 0.5) is 0 Å². The SMILES string of the molecule is COCCOCC(=O)c1ccc(SC)cc1. The van der Waals surface area contributed by atoms with Crippen molar-refractivity contribution >= 4 is 17.5 Å². The molecule has 0 atom stereocenters. The predicted molar refractivity (Wildman–Crippen MR) is 65.2 cm³/mol.